The van der Waals surface area contributed by atoms with Crippen LogP contribution in [0, 0.1) is 6.92 Å². The molecule has 0 unspecified atom stereocenters. The summed E-state index contributed by atoms with van der Waals surface area (Å²) >= 11 is 0. The third-order valence-electron chi connectivity index (χ3n) is 4.53. The standard InChI is InChI=1S/C20H23NO5/c1-3-8-25-16-5-4-15-11-21(7-6-14(15)9-16)20(24)19-13(2)12-26-17(19)10-18(22)23/h4-5,9,12H,3,6-8,10-11H2,1-2H3,(H,22,23). The number of amides is 1. The van der Waals surface area contributed by atoms with Crippen LogP contribution in [0.3, 0.4) is 0 Å². The highest BCUT2D eigenvalue weighted by molar-refractivity contribution is 5.97. The van der Waals surface area contributed by atoms with Crippen LogP contribution < -0.4 is 4.74 Å². The average molecular weight is 357 g/mol. The molecule has 138 valence electrons. The van der Waals surface area contributed by atoms with Gasteiger partial charge in [-0.25, -0.2) is 0 Å². The second-order valence-corrected chi connectivity index (χ2v) is 6.54. The van der Waals surface area contributed by atoms with E-state index in [0.717, 1.165) is 24.2 Å². The minimum absolute atomic E-state index is 0.176. The van der Waals surface area contributed by atoms with E-state index in [9.17, 15) is 9.59 Å². The van der Waals surface area contributed by atoms with Gasteiger partial charge in [0.05, 0.1) is 18.4 Å². The molecule has 1 N–H and O–H groups in total. The summed E-state index contributed by atoms with van der Waals surface area (Å²) < 4.78 is 11.0. The van der Waals surface area contributed by atoms with Gasteiger partial charge in [-0.3, -0.25) is 9.59 Å². The number of ether oxygens (including phenoxy) is 1. The Bertz CT molecular complexity index is 824. The van der Waals surface area contributed by atoms with Crippen LogP contribution >= 0.6 is 0 Å². The highest BCUT2D eigenvalue weighted by atomic mass is 16.5. The molecule has 3 rings (SSSR count). The van der Waals surface area contributed by atoms with Crippen LogP contribution in [0.1, 0.15) is 46.2 Å². The van der Waals surface area contributed by atoms with E-state index < -0.39 is 5.97 Å². The van der Waals surface area contributed by atoms with E-state index in [0.29, 0.717) is 30.8 Å². The van der Waals surface area contributed by atoms with Gasteiger partial charge in [0.25, 0.3) is 5.91 Å². The van der Waals surface area contributed by atoms with Gasteiger partial charge >= 0.3 is 5.97 Å². The fraction of sp³-hybridized carbons (Fsp3) is 0.400. The molecule has 6 heteroatoms. The summed E-state index contributed by atoms with van der Waals surface area (Å²) in [5.41, 5.74) is 3.32. The summed E-state index contributed by atoms with van der Waals surface area (Å²) in [4.78, 5) is 25.7. The molecule has 0 saturated heterocycles. The molecular weight excluding hydrogens is 334 g/mol. The Hall–Kier alpha value is -2.76. The fourth-order valence-electron chi connectivity index (χ4n) is 3.22. The molecule has 0 atom stereocenters. The molecule has 1 aliphatic heterocycles. The zero-order valence-electron chi connectivity index (χ0n) is 15.1. The van der Waals surface area contributed by atoms with E-state index in [2.05, 4.69) is 6.92 Å². The van der Waals surface area contributed by atoms with Gasteiger partial charge in [-0.15, -0.1) is 0 Å². The third kappa shape index (κ3) is 3.74. The van der Waals surface area contributed by atoms with E-state index in [1.165, 1.54) is 11.8 Å². The number of carbonyl (C=O) groups is 2. The van der Waals surface area contributed by atoms with Crippen LogP contribution in [0.15, 0.2) is 28.9 Å². The maximum Gasteiger partial charge on any atom is 0.311 e. The predicted octanol–water partition coefficient (Wildman–Crippen LogP) is 3.20. The Labute approximate surface area is 152 Å². The van der Waals surface area contributed by atoms with Crippen LogP contribution in [-0.4, -0.2) is 35.0 Å². The summed E-state index contributed by atoms with van der Waals surface area (Å²) in [6, 6.07) is 5.98. The van der Waals surface area contributed by atoms with Crippen molar-refractivity contribution in [3.8, 4) is 5.75 Å². The van der Waals surface area contributed by atoms with E-state index >= 15 is 0 Å². The molecule has 0 aliphatic carbocycles. The molecule has 2 aromatic rings. The Kier molecular flexibility index (Phi) is 5.30. The number of aryl methyl sites for hydroxylation is 1. The van der Waals surface area contributed by atoms with Crippen LogP contribution in [0.2, 0.25) is 0 Å². The molecule has 0 bridgehead atoms. The molecule has 0 saturated carbocycles. The van der Waals surface area contributed by atoms with E-state index in [-0.39, 0.29) is 18.1 Å². The maximum absolute atomic E-state index is 13.0. The van der Waals surface area contributed by atoms with Crippen molar-refractivity contribution in [2.24, 2.45) is 0 Å². The highest BCUT2D eigenvalue weighted by Gasteiger charge is 2.27. The van der Waals surface area contributed by atoms with E-state index in [1.54, 1.807) is 11.8 Å². The number of carboxylic acid groups (broad SMARTS) is 1. The quantitative estimate of drug-likeness (QED) is 0.859. The van der Waals surface area contributed by atoms with Gasteiger partial charge in [-0.05, 0) is 43.0 Å². The Morgan fingerprint density at radius 3 is 2.85 bits per heavy atom. The predicted molar refractivity (Wildman–Crippen MR) is 95.5 cm³/mol. The summed E-state index contributed by atoms with van der Waals surface area (Å²) in [6.45, 7) is 5.60. The lowest BCUT2D eigenvalue weighted by molar-refractivity contribution is -0.136. The average Bonchev–Trinajstić information content (AvgIpc) is 2.98. The molecule has 2 heterocycles. The van der Waals surface area contributed by atoms with Gasteiger partial charge in [0.1, 0.15) is 17.9 Å². The van der Waals surface area contributed by atoms with Crippen molar-refractivity contribution in [1.29, 1.82) is 0 Å². The van der Waals surface area contributed by atoms with Crippen LogP contribution in [0.25, 0.3) is 0 Å². The number of hydrogen-bond donors (Lipinski definition) is 1. The van der Waals surface area contributed by atoms with Gasteiger partial charge in [-0.1, -0.05) is 13.0 Å². The zero-order chi connectivity index (χ0) is 18.7. The number of hydrogen-bond acceptors (Lipinski definition) is 4. The largest absolute Gasteiger partial charge is 0.494 e. The van der Waals surface area contributed by atoms with Crippen LogP contribution in [-0.2, 0) is 24.2 Å². The molecule has 0 radical (unpaired) electrons. The Morgan fingerprint density at radius 1 is 1.31 bits per heavy atom. The van der Waals surface area contributed by atoms with Gasteiger partial charge in [0.15, 0.2) is 0 Å². The summed E-state index contributed by atoms with van der Waals surface area (Å²) in [7, 11) is 0. The number of aliphatic carboxylic acids is 1. The minimum Gasteiger partial charge on any atom is -0.494 e. The van der Waals surface area contributed by atoms with Crippen molar-refractivity contribution in [3.05, 3.63) is 52.5 Å². The van der Waals surface area contributed by atoms with Crippen molar-refractivity contribution in [3.63, 3.8) is 0 Å². The number of nitrogens with zero attached hydrogens (tertiary/aromatic N) is 1. The smallest absolute Gasteiger partial charge is 0.311 e. The van der Waals surface area contributed by atoms with Crippen molar-refractivity contribution in [2.45, 2.75) is 39.7 Å². The molecule has 1 aromatic heterocycles. The molecule has 1 aromatic carbocycles. The highest BCUT2D eigenvalue weighted by Crippen LogP contribution is 2.27. The molecule has 1 aliphatic rings. The fourth-order valence-corrected chi connectivity index (χ4v) is 3.22. The molecule has 0 spiro atoms. The van der Waals surface area contributed by atoms with Gasteiger partial charge < -0.3 is 19.2 Å². The first-order chi connectivity index (χ1) is 12.5. The number of benzene rings is 1. The summed E-state index contributed by atoms with van der Waals surface area (Å²) in [6.07, 6.45) is 2.86. The zero-order valence-corrected chi connectivity index (χ0v) is 15.1. The first-order valence-electron chi connectivity index (χ1n) is 8.82. The van der Waals surface area contributed by atoms with Gasteiger partial charge in [-0.2, -0.15) is 0 Å². The molecule has 6 nitrogen and oxygen atoms in total. The molecule has 26 heavy (non-hydrogen) atoms. The third-order valence-corrected chi connectivity index (χ3v) is 4.53. The lowest BCUT2D eigenvalue weighted by atomic mass is 9.98. The van der Waals surface area contributed by atoms with Gasteiger partial charge in [0, 0.05) is 18.7 Å². The lowest BCUT2D eigenvalue weighted by Gasteiger charge is -2.29. The number of carbonyl (C=O) groups excluding carboxylic acids is 1. The topological polar surface area (TPSA) is 80.0 Å². The summed E-state index contributed by atoms with van der Waals surface area (Å²) in [5, 5.41) is 9.01. The SMILES string of the molecule is CCCOc1ccc2c(c1)CCN(C(=O)c1c(C)coc1CC(=O)O)C2. The Balaban J connectivity index is 1.78. The molecular formula is C20H23NO5. The van der Waals surface area contributed by atoms with Crippen LogP contribution in [0.4, 0.5) is 0 Å². The summed E-state index contributed by atoms with van der Waals surface area (Å²) in [5.74, 6) is -0.115. The number of fused-ring (bicyclic) bond motifs is 1. The maximum atomic E-state index is 13.0. The Morgan fingerprint density at radius 2 is 2.12 bits per heavy atom. The van der Waals surface area contributed by atoms with Crippen molar-refractivity contribution < 1.29 is 23.8 Å². The van der Waals surface area contributed by atoms with E-state index in [1.807, 2.05) is 18.2 Å². The first kappa shape index (κ1) is 18.0. The molecule has 0 fully saturated rings. The number of carboxylic acids is 1. The van der Waals surface area contributed by atoms with E-state index in [4.69, 9.17) is 14.3 Å². The lowest BCUT2D eigenvalue weighted by Crippen LogP contribution is -2.36. The monoisotopic (exact) mass is 357 g/mol. The normalized spacial score (nSPS) is 13.4. The molecule has 1 amide bonds. The first-order valence-corrected chi connectivity index (χ1v) is 8.82. The van der Waals surface area contributed by atoms with Crippen molar-refractivity contribution in [2.75, 3.05) is 13.2 Å². The van der Waals surface area contributed by atoms with Crippen molar-refractivity contribution >= 4 is 11.9 Å². The second-order valence-electron chi connectivity index (χ2n) is 6.54. The van der Waals surface area contributed by atoms with Crippen LogP contribution in [0.5, 0.6) is 5.75 Å². The second kappa shape index (κ2) is 7.64. The van der Waals surface area contributed by atoms with Gasteiger partial charge in [0.2, 0.25) is 0 Å². The van der Waals surface area contributed by atoms with Crippen molar-refractivity contribution in [1.82, 2.24) is 4.90 Å². The number of rotatable bonds is 6. The number of furan rings is 1. The minimum atomic E-state index is -1.02.